The van der Waals surface area contributed by atoms with Crippen molar-refractivity contribution in [3.05, 3.63) is 64.0 Å². The molecule has 21 heavy (non-hydrogen) atoms. The van der Waals surface area contributed by atoms with Crippen LogP contribution in [0.2, 0.25) is 0 Å². The highest BCUT2D eigenvalue weighted by molar-refractivity contribution is 6.09. The maximum atomic E-state index is 13.2. The fourth-order valence-corrected chi connectivity index (χ4v) is 2.26. The summed E-state index contributed by atoms with van der Waals surface area (Å²) in [6.07, 6.45) is 0. The van der Waals surface area contributed by atoms with Gasteiger partial charge in [0.05, 0.1) is 7.11 Å². The quantitative estimate of drug-likeness (QED) is 0.632. The van der Waals surface area contributed by atoms with Crippen LogP contribution in [0.4, 0.5) is 13.2 Å². The van der Waals surface area contributed by atoms with Gasteiger partial charge in [-0.2, -0.15) is 0 Å². The summed E-state index contributed by atoms with van der Waals surface area (Å²) in [5.41, 5.74) is 1.47. The lowest BCUT2D eigenvalue weighted by atomic mass is 9.98. The third-order valence-corrected chi connectivity index (χ3v) is 3.17. The summed E-state index contributed by atoms with van der Waals surface area (Å²) in [7, 11) is 1.52. The first-order valence-corrected chi connectivity index (χ1v) is 6.19. The maximum absolute atomic E-state index is 13.2. The van der Waals surface area contributed by atoms with E-state index in [1.54, 1.807) is 26.0 Å². The monoisotopic (exact) mass is 294 g/mol. The molecule has 0 heterocycles. The molecule has 2 rings (SSSR count). The molecule has 0 N–H and O–H groups in total. The van der Waals surface area contributed by atoms with E-state index in [1.165, 1.54) is 7.11 Å². The lowest BCUT2D eigenvalue weighted by Crippen LogP contribution is -2.06. The lowest BCUT2D eigenvalue weighted by Gasteiger charge is -2.11. The highest BCUT2D eigenvalue weighted by Crippen LogP contribution is 2.26. The molecule has 0 aliphatic heterocycles. The summed E-state index contributed by atoms with van der Waals surface area (Å²) in [5, 5.41) is 0. The van der Waals surface area contributed by atoms with Crippen LogP contribution >= 0.6 is 0 Å². The van der Waals surface area contributed by atoms with E-state index < -0.39 is 23.2 Å². The summed E-state index contributed by atoms with van der Waals surface area (Å²) in [4.78, 5) is 12.3. The summed E-state index contributed by atoms with van der Waals surface area (Å²) in [6.45, 7) is 3.52. The van der Waals surface area contributed by atoms with Crippen LogP contribution in [0.15, 0.2) is 24.3 Å². The smallest absolute Gasteiger partial charge is 0.194 e. The van der Waals surface area contributed by atoms with Crippen LogP contribution < -0.4 is 4.74 Å². The second kappa shape index (κ2) is 5.60. The Morgan fingerprint density at radius 1 is 0.905 bits per heavy atom. The van der Waals surface area contributed by atoms with Gasteiger partial charge < -0.3 is 4.74 Å². The molecule has 0 saturated heterocycles. The molecule has 2 aromatic rings. The number of ether oxygens (including phenoxy) is 1. The first kappa shape index (κ1) is 15.1. The number of carbonyl (C=O) groups is 1. The Kier molecular flexibility index (Phi) is 4.02. The van der Waals surface area contributed by atoms with Gasteiger partial charge in [-0.3, -0.25) is 4.79 Å². The van der Waals surface area contributed by atoms with Gasteiger partial charge in [0.25, 0.3) is 0 Å². The zero-order valence-corrected chi connectivity index (χ0v) is 11.8. The van der Waals surface area contributed by atoms with Crippen molar-refractivity contribution in [3.8, 4) is 5.75 Å². The topological polar surface area (TPSA) is 26.3 Å². The van der Waals surface area contributed by atoms with Gasteiger partial charge in [0.15, 0.2) is 23.2 Å². The molecule has 0 spiro atoms. The first-order valence-electron chi connectivity index (χ1n) is 6.19. The van der Waals surface area contributed by atoms with Crippen molar-refractivity contribution in [2.45, 2.75) is 13.8 Å². The average molecular weight is 294 g/mol. The predicted molar refractivity (Wildman–Crippen MR) is 72.2 cm³/mol. The molecule has 5 heteroatoms. The van der Waals surface area contributed by atoms with Gasteiger partial charge in [0.2, 0.25) is 0 Å². The number of benzene rings is 2. The number of methoxy groups -OCH3 is 1. The minimum atomic E-state index is -1.59. The van der Waals surface area contributed by atoms with Crippen LogP contribution in [0.5, 0.6) is 5.75 Å². The summed E-state index contributed by atoms with van der Waals surface area (Å²) >= 11 is 0. The molecule has 0 saturated carbocycles. The SMILES string of the molecule is COc1c(C)cc(C(=O)c2cc(F)c(F)c(F)c2)cc1C. The highest BCUT2D eigenvalue weighted by Gasteiger charge is 2.18. The van der Waals surface area contributed by atoms with Crippen molar-refractivity contribution in [1.82, 2.24) is 0 Å². The van der Waals surface area contributed by atoms with Crippen molar-refractivity contribution < 1.29 is 22.7 Å². The van der Waals surface area contributed by atoms with Crippen LogP contribution in [-0.4, -0.2) is 12.9 Å². The predicted octanol–water partition coefficient (Wildman–Crippen LogP) is 3.96. The standard InChI is InChI=1S/C16H13F3O2/c1-8-4-10(5-9(2)16(8)21-3)15(20)11-6-12(17)14(19)13(18)7-11/h4-7H,1-3H3. The summed E-state index contributed by atoms with van der Waals surface area (Å²) in [5.74, 6) is -4.31. The second-order valence-electron chi connectivity index (χ2n) is 4.73. The van der Waals surface area contributed by atoms with Gasteiger partial charge >= 0.3 is 0 Å². The fourth-order valence-electron chi connectivity index (χ4n) is 2.26. The van der Waals surface area contributed by atoms with Gasteiger partial charge in [0.1, 0.15) is 5.75 Å². The van der Waals surface area contributed by atoms with Gasteiger partial charge in [0, 0.05) is 11.1 Å². The molecule has 0 radical (unpaired) electrons. The van der Waals surface area contributed by atoms with Crippen molar-refractivity contribution >= 4 is 5.78 Å². The van der Waals surface area contributed by atoms with E-state index in [0.29, 0.717) is 17.9 Å². The second-order valence-corrected chi connectivity index (χ2v) is 4.73. The van der Waals surface area contributed by atoms with E-state index in [4.69, 9.17) is 4.74 Å². The molecule has 2 aromatic carbocycles. The molecule has 110 valence electrons. The van der Waals surface area contributed by atoms with E-state index >= 15 is 0 Å². The summed E-state index contributed by atoms with van der Waals surface area (Å²) in [6, 6.07) is 4.51. The van der Waals surface area contributed by atoms with Crippen LogP contribution in [0.3, 0.4) is 0 Å². The third-order valence-electron chi connectivity index (χ3n) is 3.17. The van der Waals surface area contributed by atoms with Crippen LogP contribution in [-0.2, 0) is 0 Å². The molecule has 0 aliphatic carbocycles. The lowest BCUT2D eigenvalue weighted by molar-refractivity contribution is 0.103. The number of rotatable bonds is 3. The van der Waals surface area contributed by atoms with E-state index in [-0.39, 0.29) is 11.1 Å². The van der Waals surface area contributed by atoms with Gasteiger partial charge in [-0.05, 0) is 49.2 Å². The molecule has 0 aliphatic rings. The molecular formula is C16H13F3O2. The molecule has 2 nitrogen and oxygen atoms in total. The van der Waals surface area contributed by atoms with Crippen molar-refractivity contribution in [2.24, 2.45) is 0 Å². The molecule has 0 atom stereocenters. The highest BCUT2D eigenvalue weighted by atomic mass is 19.2. The number of carbonyl (C=O) groups excluding carboxylic acids is 1. The molecular weight excluding hydrogens is 281 g/mol. The third kappa shape index (κ3) is 2.77. The van der Waals surface area contributed by atoms with E-state index in [1.807, 2.05) is 0 Å². The number of halogens is 3. The van der Waals surface area contributed by atoms with Gasteiger partial charge in [-0.25, -0.2) is 13.2 Å². The number of ketones is 1. The normalized spacial score (nSPS) is 10.6. The zero-order chi connectivity index (χ0) is 15.7. The molecule has 0 fully saturated rings. The first-order chi connectivity index (χ1) is 9.85. The van der Waals surface area contributed by atoms with E-state index in [9.17, 15) is 18.0 Å². The summed E-state index contributed by atoms with van der Waals surface area (Å²) < 4.78 is 44.5. The number of aryl methyl sites for hydroxylation is 2. The maximum Gasteiger partial charge on any atom is 0.194 e. The Balaban J connectivity index is 2.50. The Morgan fingerprint density at radius 3 is 1.76 bits per heavy atom. The van der Waals surface area contributed by atoms with E-state index in [0.717, 1.165) is 11.1 Å². The van der Waals surface area contributed by atoms with Crippen LogP contribution in [0.25, 0.3) is 0 Å². The largest absolute Gasteiger partial charge is 0.496 e. The molecule has 0 aromatic heterocycles. The van der Waals surface area contributed by atoms with E-state index in [2.05, 4.69) is 0 Å². The van der Waals surface area contributed by atoms with Gasteiger partial charge in [-0.1, -0.05) is 0 Å². The number of hydrogen-bond donors (Lipinski definition) is 0. The van der Waals surface area contributed by atoms with Crippen LogP contribution in [0, 0.1) is 31.3 Å². The Hall–Kier alpha value is -2.30. The minimum Gasteiger partial charge on any atom is -0.496 e. The minimum absolute atomic E-state index is 0.240. The molecule has 0 bridgehead atoms. The Morgan fingerprint density at radius 2 is 1.33 bits per heavy atom. The van der Waals surface area contributed by atoms with Crippen molar-refractivity contribution in [3.63, 3.8) is 0 Å². The van der Waals surface area contributed by atoms with Gasteiger partial charge in [-0.15, -0.1) is 0 Å². The average Bonchev–Trinajstić information content (AvgIpc) is 2.43. The Labute approximate surface area is 120 Å². The Bertz CT molecular complexity index is 677. The molecule has 0 unspecified atom stereocenters. The van der Waals surface area contributed by atoms with Crippen molar-refractivity contribution in [2.75, 3.05) is 7.11 Å². The fraction of sp³-hybridized carbons (Fsp3) is 0.188. The van der Waals surface area contributed by atoms with Crippen LogP contribution in [0.1, 0.15) is 27.0 Å². The molecule has 0 amide bonds. The zero-order valence-electron chi connectivity index (χ0n) is 11.8. The number of hydrogen-bond acceptors (Lipinski definition) is 2. The van der Waals surface area contributed by atoms with Crippen molar-refractivity contribution in [1.29, 1.82) is 0 Å².